The highest BCUT2D eigenvalue weighted by Gasteiger charge is 2.52. The molecule has 13 atom stereocenters. The maximum atomic E-state index is 13.8. The van der Waals surface area contributed by atoms with Gasteiger partial charge in [-0.05, 0) is 64.2 Å². The van der Waals surface area contributed by atoms with Crippen LogP contribution in [0.5, 0.6) is 0 Å². The van der Waals surface area contributed by atoms with Crippen molar-refractivity contribution >= 4 is 33.4 Å². The predicted molar refractivity (Wildman–Crippen MR) is 253 cm³/mol. The molecule has 0 spiro atoms. The van der Waals surface area contributed by atoms with Gasteiger partial charge < -0.3 is 59.9 Å². The van der Waals surface area contributed by atoms with Gasteiger partial charge in [-0.3, -0.25) is 28.0 Å². The third kappa shape index (κ3) is 26.2. The van der Waals surface area contributed by atoms with Gasteiger partial charge in [0.15, 0.2) is 6.10 Å². The zero-order valence-corrected chi connectivity index (χ0v) is 41.8. The van der Waals surface area contributed by atoms with E-state index >= 15 is 0 Å². The monoisotopic (exact) mass is 1030 g/mol. The lowest BCUT2D eigenvalue weighted by Gasteiger charge is -2.38. The molecule has 2 rings (SSSR count). The van der Waals surface area contributed by atoms with Crippen LogP contribution >= 0.6 is 15.6 Å². The molecular weight excluding hydrogens is 946 g/mol. The van der Waals surface area contributed by atoms with Gasteiger partial charge in [0.25, 0.3) is 0 Å². The van der Waals surface area contributed by atoms with Crippen LogP contribution in [0.2, 0.25) is 0 Å². The van der Waals surface area contributed by atoms with Gasteiger partial charge in [-0.2, -0.15) is 0 Å². The number of hydrogen-bond acceptors (Lipinski definition) is 17. The van der Waals surface area contributed by atoms with E-state index in [0.717, 1.165) is 44.3 Å². The topological polar surface area (TPSA) is 334 Å². The first-order valence-electron chi connectivity index (χ1n) is 24.4. The van der Waals surface area contributed by atoms with Crippen molar-refractivity contribution in [1.82, 2.24) is 0 Å². The van der Waals surface area contributed by atoms with Crippen LogP contribution in [0.15, 0.2) is 48.6 Å². The molecule has 0 aromatic carbocycles. The van der Waals surface area contributed by atoms with Gasteiger partial charge >= 0.3 is 27.6 Å². The molecule has 20 nitrogen and oxygen atoms in total. The van der Waals surface area contributed by atoms with Gasteiger partial charge in [-0.1, -0.05) is 94.6 Å². The van der Waals surface area contributed by atoms with E-state index in [2.05, 4.69) is 31.2 Å². The van der Waals surface area contributed by atoms with Crippen LogP contribution in [0.1, 0.15) is 142 Å². The molecule has 0 aromatic heterocycles. The molecule has 1 unspecified atom stereocenters. The second-order valence-electron chi connectivity index (χ2n) is 17.8. The minimum atomic E-state index is -5.82. The van der Waals surface area contributed by atoms with Gasteiger partial charge in [-0.15, -0.1) is 0 Å². The number of phosphoric ester groups is 2. The van der Waals surface area contributed by atoms with Gasteiger partial charge in [0.2, 0.25) is 0 Å². The lowest BCUT2D eigenvalue weighted by Crippen LogP contribution is -2.56. The number of ketones is 1. The van der Waals surface area contributed by atoms with E-state index < -0.39 is 132 Å². The molecule has 0 aromatic rings. The minimum Gasteiger partial charge on any atom is -0.462 e. The van der Waals surface area contributed by atoms with Crippen LogP contribution in [0.4, 0.5) is 0 Å². The average Bonchev–Trinajstić information content (AvgIpc) is 3.29. The lowest BCUT2D eigenvalue weighted by atomic mass is 9.82. The van der Waals surface area contributed by atoms with Crippen molar-refractivity contribution in [1.29, 1.82) is 0 Å². The Labute approximate surface area is 406 Å². The van der Waals surface area contributed by atoms with Crippen LogP contribution in [0.25, 0.3) is 0 Å². The van der Waals surface area contributed by atoms with Gasteiger partial charge in [0.05, 0.1) is 37.1 Å². The number of unbranched alkanes of at least 4 members (excludes halogenated alkanes) is 7. The molecule has 1 aliphatic heterocycles. The Bertz CT molecular complexity index is 1700. The summed E-state index contributed by atoms with van der Waals surface area (Å²) < 4.78 is 52.1. The fourth-order valence-corrected chi connectivity index (χ4v) is 9.44. The van der Waals surface area contributed by atoms with Crippen LogP contribution in [0, 0.1) is 11.8 Å². The summed E-state index contributed by atoms with van der Waals surface area (Å²) in [7, 11) is -11.6. The van der Waals surface area contributed by atoms with Crippen LogP contribution in [-0.2, 0) is 46.6 Å². The summed E-state index contributed by atoms with van der Waals surface area (Å²) in [5.41, 5.74) is 0. The number of esters is 2. The van der Waals surface area contributed by atoms with Crippen LogP contribution in [-0.4, -0.2) is 142 Å². The Kier molecular flexibility index (Phi) is 30.9. The Morgan fingerprint density at radius 2 is 1.41 bits per heavy atom. The maximum Gasteiger partial charge on any atom is 0.472 e. The van der Waals surface area contributed by atoms with Crippen molar-refractivity contribution in [3.63, 3.8) is 0 Å². The minimum absolute atomic E-state index is 0.106. The van der Waals surface area contributed by atoms with Gasteiger partial charge in [-0.25, -0.2) is 9.13 Å². The molecule has 2 bridgehead atoms. The van der Waals surface area contributed by atoms with Crippen molar-refractivity contribution < 1.29 is 97.0 Å². The molecule has 1 saturated carbocycles. The Morgan fingerprint density at radius 1 is 0.797 bits per heavy atom. The Balaban J connectivity index is 2.42. The number of cyclic esters (lactones) is 1. The fraction of sp³-hybridized carbons (Fsp3) is 0.766. The molecule has 10 N–H and O–H groups in total. The largest absolute Gasteiger partial charge is 0.472 e. The average molecular weight is 1030 g/mol. The number of allylic oxidation sites excluding steroid dienone is 6. The number of ether oxygens (including phenoxy) is 2. The fourth-order valence-electron chi connectivity index (χ4n) is 7.91. The summed E-state index contributed by atoms with van der Waals surface area (Å²) in [6.07, 6.45) is 1.14. The van der Waals surface area contributed by atoms with Crippen LogP contribution in [0.3, 0.4) is 0 Å². The SMILES string of the molecule is CCCCC/C=C\C/C=C\C/C=C\CCCCC(=O)O[C@@H]1COC(=O)CCCCC(=O)C[C@@H]2[C@@H](O)[C@H](O)[C@@H](O)[C@H](OP(=O)(O)OC1)[C@H](OP(=O)(O)O)[C@H](O)[C@@H](C=C[C@@H](O)CCCCC)[C@H](O)C[C@@H]2O. The van der Waals surface area contributed by atoms with Crippen molar-refractivity contribution in [2.45, 2.75) is 203 Å². The van der Waals surface area contributed by atoms with E-state index in [1.54, 1.807) is 0 Å². The smallest absolute Gasteiger partial charge is 0.462 e. The third-order valence-corrected chi connectivity index (χ3v) is 13.3. The standard InChI is InChI=1S/C47H80O20P2/c1-3-5-7-8-9-10-11-12-13-14-15-16-17-18-20-26-41(53)65-35-31-63-40(52)25-22-21-24-34(49)29-37-39(51)30-38(50)36(28-27-33(48)23-19-6-4-2)43(55)46(66-68(58,59)60)47(45(57)44(56)42(37)54)67-69(61,62)64-32-35/h9-10,12-13,15-16,27-28,33,35-39,42-48,50-51,54-57H,3-8,11,14,17-26,29-32H2,1-2H3,(H,61,62)(H2,58,59,60)/b10-9-,13-12-,16-15-,28-27?/t33-,35+,36-,37-,38+,39-,42+,43+,44-,45+,46+,47-/m0/s1. The zero-order chi connectivity index (χ0) is 51.4. The lowest BCUT2D eigenvalue weighted by molar-refractivity contribution is -0.166. The predicted octanol–water partition coefficient (Wildman–Crippen LogP) is 4.84. The summed E-state index contributed by atoms with van der Waals surface area (Å²) in [6, 6.07) is 0. The highest BCUT2D eigenvalue weighted by molar-refractivity contribution is 7.47. The molecular formula is C47H80O20P2. The van der Waals surface area contributed by atoms with Crippen molar-refractivity contribution in [3.05, 3.63) is 48.6 Å². The summed E-state index contributed by atoms with van der Waals surface area (Å²) in [5, 5.41) is 79.8. The van der Waals surface area contributed by atoms with Crippen LogP contribution < -0.4 is 0 Å². The molecule has 1 saturated heterocycles. The second-order valence-corrected chi connectivity index (χ2v) is 20.4. The van der Waals surface area contributed by atoms with E-state index in [-0.39, 0.29) is 38.5 Å². The number of fused-ring (bicyclic) bond motifs is 4. The first kappa shape index (κ1) is 62.6. The summed E-state index contributed by atoms with van der Waals surface area (Å²) in [4.78, 5) is 70.0. The molecule has 1 aliphatic carbocycles. The van der Waals surface area contributed by atoms with Crippen molar-refractivity contribution in [2.75, 3.05) is 13.2 Å². The Morgan fingerprint density at radius 3 is 2.04 bits per heavy atom. The number of aliphatic hydroxyl groups excluding tert-OH is 7. The molecule has 0 radical (unpaired) electrons. The molecule has 2 fully saturated rings. The van der Waals surface area contributed by atoms with Crippen molar-refractivity contribution in [2.24, 2.45) is 11.8 Å². The Hall–Kier alpha value is -2.49. The molecule has 0 amide bonds. The quantitative estimate of drug-likeness (QED) is 0.0300. The zero-order valence-electron chi connectivity index (χ0n) is 40.1. The molecule has 2 aliphatic rings. The number of carbonyl (C=O) groups is 3. The molecule has 22 heteroatoms. The summed E-state index contributed by atoms with van der Waals surface area (Å²) in [5.74, 6) is -5.65. The number of Topliss-reactive ketones (excluding diaryl/α,β-unsaturated/α-hetero) is 1. The van der Waals surface area contributed by atoms with E-state index in [0.29, 0.717) is 25.7 Å². The molecule has 69 heavy (non-hydrogen) atoms. The van der Waals surface area contributed by atoms with Gasteiger partial charge in [0, 0.05) is 43.9 Å². The molecule has 398 valence electrons. The summed E-state index contributed by atoms with van der Waals surface area (Å²) >= 11 is 0. The first-order chi connectivity index (χ1) is 32.7. The highest BCUT2D eigenvalue weighted by Crippen LogP contribution is 2.50. The van der Waals surface area contributed by atoms with Gasteiger partial charge in [0.1, 0.15) is 36.8 Å². The number of hydrogen-bond donors (Lipinski definition) is 10. The van der Waals surface area contributed by atoms with Crippen molar-refractivity contribution in [3.8, 4) is 0 Å². The number of aliphatic hydroxyl groups is 7. The number of carbonyl (C=O) groups excluding carboxylic acids is 3. The number of rotatable bonds is 22. The first-order valence-corrected chi connectivity index (χ1v) is 27.4. The van der Waals surface area contributed by atoms with E-state index in [4.69, 9.17) is 23.0 Å². The van der Waals surface area contributed by atoms with E-state index in [1.807, 2.05) is 19.1 Å². The highest BCUT2D eigenvalue weighted by atomic mass is 31.2. The maximum absolute atomic E-state index is 13.8. The molecule has 1 heterocycles. The number of phosphoric acid groups is 2. The van der Waals surface area contributed by atoms with E-state index in [9.17, 15) is 73.9 Å². The second kappa shape index (κ2) is 34.0. The van der Waals surface area contributed by atoms with E-state index in [1.165, 1.54) is 19.3 Å². The normalized spacial score (nSPS) is 31.7. The third-order valence-electron chi connectivity index (χ3n) is 11.8. The summed E-state index contributed by atoms with van der Waals surface area (Å²) in [6.45, 7) is 2.39.